The molecule has 3 saturated heterocycles. The van der Waals surface area contributed by atoms with Crippen molar-refractivity contribution < 1.29 is 72.9 Å². The lowest BCUT2D eigenvalue weighted by Crippen LogP contribution is -2.63. The summed E-state index contributed by atoms with van der Waals surface area (Å²) in [5.41, 5.74) is 1.51. The van der Waals surface area contributed by atoms with Gasteiger partial charge in [0.25, 0.3) is 5.91 Å². The minimum Gasteiger partial charge on any atom is -0.398 e. The van der Waals surface area contributed by atoms with E-state index in [9.17, 15) is 59.4 Å². The summed E-state index contributed by atoms with van der Waals surface area (Å²) in [5.74, 6) is -1.17. The van der Waals surface area contributed by atoms with Crippen LogP contribution in [0.25, 0.3) is 5.70 Å². The molecule has 2 bridgehead atoms. The number of hydrazine groups is 1. The lowest BCUT2D eigenvalue weighted by molar-refractivity contribution is -0.222. The topological polar surface area (TPSA) is 207 Å². The number of alkyl halides is 8. The number of nitrogens with one attached hydrogen (secondary N) is 4. The molecule has 3 aliphatic rings. The zero-order valence-electron chi connectivity index (χ0n) is 43.9. The van der Waals surface area contributed by atoms with Gasteiger partial charge in [-0.2, -0.15) is 35.1 Å². The maximum Gasteiger partial charge on any atom is 0.396 e. The van der Waals surface area contributed by atoms with Crippen LogP contribution in [0.4, 0.5) is 49.7 Å². The Morgan fingerprint density at radius 3 is 1.84 bits per heavy atom. The van der Waals surface area contributed by atoms with Crippen molar-refractivity contribution >= 4 is 41.4 Å². The van der Waals surface area contributed by atoms with Crippen molar-refractivity contribution in [2.24, 2.45) is 21.6 Å². The summed E-state index contributed by atoms with van der Waals surface area (Å²) in [6, 6.07) is 5.98. The molecule has 7 N–H and O–H groups in total. The average Bonchev–Trinajstić information content (AvgIpc) is 3.70. The fourth-order valence-electron chi connectivity index (χ4n) is 9.43. The largest absolute Gasteiger partial charge is 0.398 e. The number of hydrogen-bond donors (Lipinski definition) is 6. The van der Waals surface area contributed by atoms with Gasteiger partial charge in [-0.3, -0.25) is 29.5 Å². The van der Waals surface area contributed by atoms with Crippen molar-refractivity contribution in [1.82, 2.24) is 36.3 Å². The molecule has 3 fully saturated rings. The number of aromatic nitrogens is 1. The highest BCUT2D eigenvalue weighted by Gasteiger charge is 2.57. The third-order valence-corrected chi connectivity index (χ3v) is 14.3. The number of aliphatic imine (C=N–C) groups is 1. The van der Waals surface area contributed by atoms with Crippen LogP contribution in [0.2, 0.25) is 0 Å². The first-order chi connectivity index (χ1) is 36.9. The van der Waals surface area contributed by atoms with Crippen molar-refractivity contribution in [2.45, 2.75) is 129 Å². The van der Waals surface area contributed by atoms with Crippen molar-refractivity contribution in [3.63, 3.8) is 0 Å². The summed E-state index contributed by atoms with van der Waals surface area (Å²) in [7, 11) is 0. The van der Waals surface area contributed by atoms with Crippen LogP contribution in [0, 0.1) is 34.3 Å². The number of aliphatic hydroxyl groups excluding tert-OH is 1. The van der Waals surface area contributed by atoms with Gasteiger partial charge in [0.1, 0.15) is 29.5 Å². The second-order valence-electron chi connectivity index (χ2n) is 20.8. The van der Waals surface area contributed by atoms with Crippen LogP contribution in [-0.2, 0) is 36.9 Å². The van der Waals surface area contributed by atoms with Gasteiger partial charge in [-0.15, -0.1) is 0 Å². The van der Waals surface area contributed by atoms with Gasteiger partial charge in [-0.05, 0) is 95.0 Å². The summed E-state index contributed by atoms with van der Waals surface area (Å²) < 4.78 is 149. The molecule has 79 heavy (non-hydrogen) atoms. The summed E-state index contributed by atoms with van der Waals surface area (Å²) in [5, 5.41) is 18.8. The Bertz CT molecular complexity index is 2760. The average molecular weight is 1130 g/mol. The molecule has 0 aliphatic carbocycles. The highest BCUT2D eigenvalue weighted by molar-refractivity contribution is 5.88. The van der Waals surface area contributed by atoms with Crippen LogP contribution < -0.4 is 32.0 Å². The molecule has 4 heterocycles. The van der Waals surface area contributed by atoms with Crippen LogP contribution >= 0.6 is 0 Å². The smallest absolute Gasteiger partial charge is 0.396 e. The van der Waals surface area contributed by atoms with Gasteiger partial charge >= 0.3 is 18.9 Å². The number of fused-ring (bicyclic) bond motifs is 2. The van der Waals surface area contributed by atoms with Crippen LogP contribution in [0.15, 0.2) is 65.8 Å². The molecule has 3 aromatic rings. The van der Waals surface area contributed by atoms with Crippen molar-refractivity contribution in [1.29, 1.82) is 0 Å². The SMILES string of the molecule is CC(=O)N[C@H](C(=O)N[C@@H](Cc1ccc(C#Cc2ccc(N3CC4CCC(C3)N4C3COC3)nc2)cc1)[C@@H](O)CN(Cc1c(F)cc(C(N)=CC=NC(F)F)cc1F)NC(=O)[C@@H](NC(C)=O)C(C)(C)C(F)(F)F)C(C)(C)C(F)(F)F. The van der Waals surface area contributed by atoms with Crippen molar-refractivity contribution in [2.75, 3.05) is 37.7 Å². The standard InChI is InChI=1S/C53H62F10N10O6/c1-29(74)67-45(50(3,4)52(58,59)60)47(77)69-42(19-32-10-7-31(8-11-32)9-12-33-13-16-44(66-22-33)71-23-35-14-15-36(24-71)73(35)37-27-79-28-37)43(76)26-72(70-48(78)46(68-30(2)75)51(5,6)53(61,62)63)25-38-39(54)20-34(21-40(38)55)41(64)17-18-65-49(56)57/h7-8,10-11,13,16-18,20-22,35-37,42-43,45-46,49,76H,14-15,19,23-28,64H2,1-6H3,(H,67,74)(H,68,75)(H,69,77)(H,70,78)/t35?,36?,42-,43-,45+,46+/m0/s1. The molecule has 2 aromatic carbocycles. The minimum absolute atomic E-state index is 0.302. The molecule has 16 nitrogen and oxygen atoms in total. The molecular formula is C53H62F10N10O6. The first kappa shape index (κ1) is 61.4. The highest BCUT2D eigenvalue weighted by atomic mass is 19.4. The molecule has 6 rings (SSSR count). The Balaban J connectivity index is 1.30. The summed E-state index contributed by atoms with van der Waals surface area (Å²) in [6.45, 7) is 1.98. The Labute approximate surface area is 449 Å². The molecule has 1 aromatic heterocycles. The normalized spacial score (nSPS) is 19.1. The molecule has 4 amide bonds. The Morgan fingerprint density at radius 2 is 1.35 bits per heavy atom. The molecular weight excluding hydrogens is 1060 g/mol. The Morgan fingerprint density at radius 1 is 0.823 bits per heavy atom. The van der Waals surface area contributed by atoms with Gasteiger partial charge < -0.3 is 36.4 Å². The van der Waals surface area contributed by atoms with Crippen LogP contribution in [0.5, 0.6) is 0 Å². The van der Waals surface area contributed by atoms with E-state index in [0.717, 1.165) is 64.9 Å². The van der Waals surface area contributed by atoms with Gasteiger partial charge in [-0.25, -0.2) is 23.8 Å². The van der Waals surface area contributed by atoms with Gasteiger partial charge in [0, 0.05) is 92.5 Å². The fraction of sp³-hybridized carbons (Fsp3) is 0.509. The number of allylic oxidation sites excluding steroid dienone is 1. The predicted molar refractivity (Wildman–Crippen MR) is 270 cm³/mol. The number of nitrogens with zero attached hydrogens (tertiary/aromatic N) is 5. The molecule has 6 atom stereocenters. The van der Waals surface area contributed by atoms with E-state index in [1.165, 1.54) is 12.1 Å². The maximum absolute atomic E-state index is 15.9. The van der Waals surface area contributed by atoms with E-state index < -0.39 is 120 Å². The minimum atomic E-state index is -5.17. The molecule has 0 saturated carbocycles. The molecule has 0 spiro atoms. The number of carbonyl (C=O) groups excluding carboxylic acids is 4. The highest BCUT2D eigenvalue weighted by Crippen LogP contribution is 2.42. The second-order valence-corrected chi connectivity index (χ2v) is 20.8. The van der Waals surface area contributed by atoms with Gasteiger partial charge in [-0.1, -0.05) is 24.0 Å². The van der Waals surface area contributed by atoms with E-state index in [4.69, 9.17) is 10.5 Å². The van der Waals surface area contributed by atoms with E-state index in [-0.39, 0.29) is 5.56 Å². The summed E-state index contributed by atoms with van der Waals surface area (Å²) in [4.78, 5) is 64.7. The number of hydrogen-bond acceptors (Lipinski definition) is 12. The van der Waals surface area contributed by atoms with Gasteiger partial charge in [0.15, 0.2) is 0 Å². The number of carbonyl (C=O) groups is 4. The van der Waals surface area contributed by atoms with Crippen LogP contribution in [0.3, 0.4) is 0 Å². The zero-order chi connectivity index (χ0) is 58.4. The number of pyridine rings is 1. The monoisotopic (exact) mass is 1120 g/mol. The quantitative estimate of drug-likeness (QED) is 0.0274. The number of piperazine rings is 1. The molecule has 430 valence electrons. The Hall–Kier alpha value is -6.82. The van der Waals surface area contributed by atoms with E-state index in [0.29, 0.717) is 85.9 Å². The molecule has 26 heteroatoms. The number of anilines is 1. The van der Waals surface area contributed by atoms with Gasteiger partial charge in [0.05, 0.1) is 42.2 Å². The van der Waals surface area contributed by atoms with Crippen molar-refractivity contribution in [3.05, 3.63) is 100 Å². The third-order valence-electron chi connectivity index (χ3n) is 14.3. The van der Waals surface area contributed by atoms with Gasteiger partial charge in [0.2, 0.25) is 17.7 Å². The molecule has 0 radical (unpaired) electrons. The zero-order valence-corrected chi connectivity index (χ0v) is 43.9. The summed E-state index contributed by atoms with van der Waals surface area (Å²) >= 11 is 0. The lowest BCUT2D eigenvalue weighted by atomic mass is 9.82. The van der Waals surface area contributed by atoms with E-state index >= 15 is 8.78 Å². The number of aliphatic hydroxyl groups is 1. The number of halogens is 10. The first-order valence-corrected chi connectivity index (χ1v) is 25.0. The van der Waals surface area contributed by atoms with Crippen LogP contribution in [-0.4, -0.2) is 144 Å². The van der Waals surface area contributed by atoms with Crippen LogP contribution in [0.1, 0.15) is 82.2 Å². The molecule has 2 unspecified atom stereocenters. The van der Waals surface area contributed by atoms with E-state index in [1.54, 1.807) is 18.3 Å². The number of ether oxygens (including phenoxy) is 1. The van der Waals surface area contributed by atoms with E-state index in [2.05, 4.69) is 42.4 Å². The Kier molecular flexibility index (Phi) is 19.5. The maximum atomic E-state index is 15.9. The molecule has 3 aliphatic heterocycles. The second kappa shape index (κ2) is 25.1. The first-order valence-electron chi connectivity index (χ1n) is 25.0. The van der Waals surface area contributed by atoms with Crippen molar-refractivity contribution in [3.8, 4) is 11.8 Å². The third kappa shape index (κ3) is 15.3. The number of nitrogens with two attached hydrogens (primary N) is 1. The predicted octanol–water partition coefficient (Wildman–Crippen LogP) is 5.51. The fourth-order valence-corrected chi connectivity index (χ4v) is 9.43. The number of amides is 4. The lowest BCUT2D eigenvalue weighted by Gasteiger charge is -2.47. The summed E-state index contributed by atoms with van der Waals surface area (Å²) in [6.07, 6.45) is -7.56. The van der Waals surface area contributed by atoms with E-state index in [1.807, 2.05) is 22.8 Å². The number of rotatable bonds is 20. The number of benzene rings is 2.